The lowest BCUT2D eigenvalue weighted by Gasteiger charge is -2.35. The van der Waals surface area contributed by atoms with Crippen LogP contribution in [0.5, 0.6) is 11.5 Å². The van der Waals surface area contributed by atoms with Crippen molar-refractivity contribution in [3.8, 4) is 22.8 Å². The molecule has 12 heteroatoms. The number of carbonyl (C=O) groups excluding carboxylic acids is 3. The first kappa shape index (κ1) is 33.2. The van der Waals surface area contributed by atoms with Gasteiger partial charge in [0.15, 0.2) is 0 Å². The Balaban J connectivity index is 1.51. The molecule has 1 saturated heterocycles. The number of carboxylic acid groups (broad SMARTS) is 1. The number of methoxy groups -OCH3 is 2. The summed E-state index contributed by atoms with van der Waals surface area (Å²) in [5.41, 5.74) is -0.105. The van der Waals surface area contributed by atoms with Gasteiger partial charge in [0.1, 0.15) is 35.2 Å². The number of amides is 3. The van der Waals surface area contributed by atoms with Crippen molar-refractivity contribution in [1.29, 1.82) is 0 Å². The van der Waals surface area contributed by atoms with Gasteiger partial charge in [-0.25, -0.2) is 14.6 Å². The standard InChI is InChI=1S/C35H40N4O8/c1-7-21-18-35(21,32(42)43)38-30(40)27-16-23(19-39(27)31(41)29(34(2,3)4)37-33(44)46-6)47-28-17-25(20-11-9-8-10-12-20)36-26-15-22(45-5)13-14-24(26)28/h7-15,17,21,23,27,29H,1,16,18-19H2,2-6H3,(H,37,44)(H,38,40)(H,42,43). The number of likely N-dealkylation sites (tertiary alicyclic amines) is 1. The van der Waals surface area contributed by atoms with Gasteiger partial charge >= 0.3 is 12.1 Å². The second-order valence-electron chi connectivity index (χ2n) is 13.0. The van der Waals surface area contributed by atoms with E-state index in [4.69, 9.17) is 19.2 Å². The average Bonchev–Trinajstić information content (AvgIpc) is 3.62. The van der Waals surface area contributed by atoms with Gasteiger partial charge in [-0.15, -0.1) is 6.58 Å². The highest BCUT2D eigenvalue weighted by molar-refractivity contribution is 5.96. The maximum Gasteiger partial charge on any atom is 0.407 e. The lowest BCUT2D eigenvalue weighted by atomic mass is 9.85. The van der Waals surface area contributed by atoms with Crippen molar-refractivity contribution in [3.05, 3.63) is 67.3 Å². The van der Waals surface area contributed by atoms with Gasteiger partial charge in [0.25, 0.3) is 0 Å². The van der Waals surface area contributed by atoms with Crippen LogP contribution in [0.2, 0.25) is 0 Å². The Morgan fingerprint density at radius 2 is 1.83 bits per heavy atom. The lowest BCUT2D eigenvalue weighted by molar-refractivity contribution is -0.146. The molecule has 0 bridgehead atoms. The molecule has 3 N–H and O–H groups in total. The van der Waals surface area contributed by atoms with Crippen LogP contribution in [0.3, 0.4) is 0 Å². The molecule has 1 aromatic heterocycles. The van der Waals surface area contributed by atoms with Gasteiger partial charge in [-0.05, 0) is 24.0 Å². The van der Waals surface area contributed by atoms with Crippen molar-refractivity contribution < 1.29 is 38.5 Å². The Morgan fingerprint density at radius 3 is 2.43 bits per heavy atom. The van der Waals surface area contributed by atoms with Gasteiger partial charge in [0.05, 0.1) is 32.0 Å². The fourth-order valence-electron chi connectivity index (χ4n) is 6.02. The first-order chi connectivity index (χ1) is 22.3. The Bertz CT molecular complexity index is 1700. The molecule has 47 heavy (non-hydrogen) atoms. The van der Waals surface area contributed by atoms with E-state index in [0.717, 1.165) is 5.56 Å². The molecular weight excluding hydrogens is 604 g/mol. The SMILES string of the molecule is C=CC1CC1(NC(=O)C1CC(Oc2cc(-c3ccccc3)nc3cc(OC)ccc23)CN1C(=O)C(NC(=O)OC)C(C)(C)C)C(=O)O. The van der Waals surface area contributed by atoms with E-state index in [1.807, 2.05) is 42.5 Å². The Labute approximate surface area is 273 Å². The number of ether oxygens (including phenoxy) is 3. The number of hydrogen-bond acceptors (Lipinski definition) is 8. The first-order valence-electron chi connectivity index (χ1n) is 15.3. The summed E-state index contributed by atoms with van der Waals surface area (Å²) in [6.07, 6.45) is 0.306. The van der Waals surface area contributed by atoms with Gasteiger partial charge in [-0.1, -0.05) is 57.2 Å². The number of aliphatic carboxylic acids is 1. The van der Waals surface area contributed by atoms with Crippen LogP contribution in [0.1, 0.15) is 33.6 Å². The molecule has 2 heterocycles. The van der Waals surface area contributed by atoms with Gasteiger partial charge < -0.3 is 34.9 Å². The third kappa shape index (κ3) is 6.72. The van der Waals surface area contributed by atoms with Crippen LogP contribution >= 0.6 is 0 Å². The van der Waals surface area contributed by atoms with E-state index in [1.165, 1.54) is 18.1 Å². The van der Waals surface area contributed by atoms with Crippen molar-refractivity contribution in [1.82, 2.24) is 20.5 Å². The third-order valence-electron chi connectivity index (χ3n) is 8.78. The van der Waals surface area contributed by atoms with Crippen LogP contribution in [-0.4, -0.2) is 83.4 Å². The largest absolute Gasteiger partial charge is 0.497 e. The fourth-order valence-corrected chi connectivity index (χ4v) is 6.02. The minimum atomic E-state index is -1.49. The van der Waals surface area contributed by atoms with Crippen molar-refractivity contribution in [2.45, 2.75) is 57.3 Å². The molecule has 1 aliphatic carbocycles. The van der Waals surface area contributed by atoms with Gasteiger partial charge in [-0.2, -0.15) is 0 Å². The lowest BCUT2D eigenvalue weighted by Crippen LogP contribution is -2.59. The number of rotatable bonds is 10. The smallest absolute Gasteiger partial charge is 0.407 e. The molecule has 3 aromatic rings. The number of benzene rings is 2. The summed E-state index contributed by atoms with van der Waals surface area (Å²) in [6, 6.07) is 14.7. The zero-order valence-corrected chi connectivity index (χ0v) is 27.1. The summed E-state index contributed by atoms with van der Waals surface area (Å²) in [5, 5.41) is 16.0. The highest BCUT2D eigenvalue weighted by Crippen LogP contribution is 2.45. The Kier molecular flexibility index (Phi) is 9.15. The molecule has 2 fully saturated rings. The minimum Gasteiger partial charge on any atom is -0.497 e. The van der Waals surface area contributed by atoms with Crippen molar-refractivity contribution in [3.63, 3.8) is 0 Å². The van der Waals surface area contributed by atoms with Gasteiger partial charge in [0, 0.05) is 35.4 Å². The first-order valence-corrected chi connectivity index (χ1v) is 15.3. The second-order valence-corrected chi connectivity index (χ2v) is 13.0. The number of nitrogens with zero attached hydrogens (tertiary/aromatic N) is 2. The van der Waals surface area contributed by atoms with E-state index in [0.29, 0.717) is 28.1 Å². The predicted octanol–water partition coefficient (Wildman–Crippen LogP) is 4.17. The number of carboxylic acids is 1. The molecule has 2 aromatic carbocycles. The number of nitrogens with one attached hydrogen (secondary N) is 2. The Hall–Kier alpha value is -5.13. The van der Waals surface area contributed by atoms with E-state index in [9.17, 15) is 24.3 Å². The van der Waals surface area contributed by atoms with E-state index >= 15 is 0 Å². The molecule has 0 radical (unpaired) electrons. The van der Waals surface area contributed by atoms with Crippen LogP contribution < -0.4 is 20.1 Å². The Morgan fingerprint density at radius 1 is 1.11 bits per heavy atom. The number of alkyl carbamates (subject to hydrolysis) is 1. The van der Waals surface area contributed by atoms with E-state index < -0.39 is 58.9 Å². The van der Waals surface area contributed by atoms with Crippen molar-refractivity contribution in [2.75, 3.05) is 20.8 Å². The molecule has 2 aliphatic rings. The van der Waals surface area contributed by atoms with Crippen molar-refractivity contribution in [2.24, 2.45) is 11.3 Å². The van der Waals surface area contributed by atoms with Crippen molar-refractivity contribution >= 4 is 34.8 Å². The highest BCUT2D eigenvalue weighted by atomic mass is 16.5. The summed E-state index contributed by atoms with van der Waals surface area (Å²) >= 11 is 0. The summed E-state index contributed by atoms with van der Waals surface area (Å²) in [7, 11) is 2.77. The molecular formula is C35H40N4O8. The number of aromatic nitrogens is 1. The van der Waals surface area contributed by atoms with E-state index in [2.05, 4.69) is 17.2 Å². The predicted molar refractivity (Wildman–Crippen MR) is 174 cm³/mol. The zero-order valence-electron chi connectivity index (χ0n) is 27.1. The maximum absolute atomic E-state index is 14.2. The van der Waals surface area contributed by atoms with E-state index in [1.54, 1.807) is 40.0 Å². The molecule has 0 spiro atoms. The molecule has 1 aliphatic heterocycles. The summed E-state index contributed by atoms with van der Waals surface area (Å²) in [5.74, 6) is -1.66. The third-order valence-corrected chi connectivity index (χ3v) is 8.78. The molecule has 248 valence electrons. The van der Waals surface area contributed by atoms with Gasteiger partial charge in [-0.3, -0.25) is 9.59 Å². The second kappa shape index (κ2) is 12.9. The number of carbonyl (C=O) groups is 4. The van der Waals surface area contributed by atoms with Crippen LogP contribution in [0.25, 0.3) is 22.2 Å². The molecule has 1 saturated carbocycles. The summed E-state index contributed by atoms with van der Waals surface area (Å²) in [4.78, 5) is 58.7. The fraction of sp³-hybridized carbons (Fsp3) is 0.400. The zero-order chi connectivity index (χ0) is 34.1. The molecule has 5 rings (SSSR count). The molecule has 5 unspecified atom stereocenters. The molecule has 12 nitrogen and oxygen atoms in total. The maximum atomic E-state index is 14.2. The van der Waals surface area contributed by atoms with Crippen LogP contribution in [0.15, 0.2) is 67.3 Å². The number of pyridine rings is 1. The van der Waals surface area contributed by atoms with Crippen LogP contribution in [-0.2, 0) is 19.1 Å². The van der Waals surface area contributed by atoms with Crippen LogP contribution in [0, 0.1) is 11.3 Å². The molecule has 5 atom stereocenters. The summed E-state index contributed by atoms with van der Waals surface area (Å²) in [6.45, 7) is 9.04. The topological polar surface area (TPSA) is 156 Å². The average molecular weight is 645 g/mol. The van der Waals surface area contributed by atoms with E-state index in [-0.39, 0.29) is 19.4 Å². The normalized spacial score (nSPS) is 22.6. The number of fused-ring (bicyclic) bond motifs is 1. The minimum absolute atomic E-state index is 0.00203. The number of hydrogen-bond donors (Lipinski definition) is 3. The van der Waals surface area contributed by atoms with Gasteiger partial charge in [0.2, 0.25) is 11.8 Å². The monoisotopic (exact) mass is 644 g/mol. The summed E-state index contributed by atoms with van der Waals surface area (Å²) < 4.78 is 16.8. The quantitative estimate of drug-likeness (QED) is 0.276. The highest BCUT2D eigenvalue weighted by Gasteiger charge is 2.61. The van der Waals surface area contributed by atoms with Crippen LogP contribution in [0.4, 0.5) is 4.79 Å². The molecule has 3 amide bonds.